The van der Waals surface area contributed by atoms with Gasteiger partial charge >= 0.3 is 0 Å². The van der Waals surface area contributed by atoms with E-state index in [1.165, 1.54) is 11.6 Å². The number of aliphatic imine (C=N–C) groups is 1. The van der Waals surface area contributed by atoms with Gasteiger partial charge in [0.25, 0.3) is 0 Å². The number of hydrogen-bond donors (Lipinski definition) is 2. The van der Waals surface area contributed by atoms with Gasteiger partial charge in [0.1, 0.15) is 5.82 Å². The molecule has 5 nitrogen and oxygen atoms in total. The van der Waals surface area contributed by atoms with Gasteiger partial charge in [-0.15, -0.1) is 24.0 Å². The minimum absolute atomic E-state index is 0. The number of guanidine groups is 1. The second kappa shape index (κ2) is 12.2. The Morgan fingerprint density at radius 2 is 1.72 bits per heavy atom. The van der Waals surface area contributed by atoms with Crippen molar-refractivity contribution in [2.75, 3.05) is 13.1 Å². The van der Waals surface area contributed by atoms with Crippen molar-refractivity contribution in [3.8, 4) is 0 Å². The number of hydrogen-bond acceptors (Lipinski definition) is 2. The van der Waals surface area contributed by atoms with Gasteiger partial charge in [0.15, 0.2) is 5.96 Å². The number of halogens is 2. The Morgan fingerprint density at radius 3 is 2.41 bits per heavy atom. The minimum atomic E-state index is -0.168. The Bertz CT molecular complexity index is 896. The summed E-state index contributed by atoms with van der Waals surface area (Å²) in [6.07, 6.45) is 4.34. The fourth-order valence-electron chi connectivity index (χ4n) is 2.96. The smallest absolute Gasteiger partial charge is 0.191 e. The van der Waals surface area contributed by atoms with E-state index in [9.17, 15) is 4.39 Å². The van der Waals surface area contributed by atoms with Crippen LogP contribution in [0.3, 0.4) is 0 Å². The highest BCUT2D eigenvalue weighted by Gasteiger charge is 2.05. The Labute approximate surface area is 188 Å². The van der Waals surface area contributed by atoms with E-state index >= 15 is 0 Å². The highest BCUT2D eigenvalue weighted by atomic mass is 127. The summed E-state index contributed by atoms with van der Waals surface area (Å²) in [5.74, 6) is 0.562. The van der Waals surface area contributed by atoms with Gasteiger partial charge in [0.2, 0.25) is 0 Å². The van der Waals surface area contributed by atoms with Gasteiger partial charge < -0.3 is 10.6 Å². The first-order valence-electron chi connectivity index (χ1n) is 9.56. The zero-order valence-corrected chi connectivity index (χ0v) is 18.8. The normalized spacial score (nSPS) is 11.0. The predicted octanol–water partition coefficient (Wildman–Crippen LogP) is 3.99. The largest absolute Gasteiger partial charge is 0.357 e. The molecule has 0 saturated carbocycles. The summed E-state index contributed by atoms with van der Waals surface area (Å²) in [5.41, 5.74) is 3.05. The highest BCUT2D eigenvalue weighted by Crippen LogP contribution is 2.12. The van der Waals surface area contributed by atoms with Gasteiger partial charge in [-0.3, -0.25) is 4.68 Å². The third-order valence-electron chi connectivity index (χ3n) is 4.41. The lowest BCUT2D eigenvalue weighted by molar-refractivity contribution is 0.606. The fourth-order valence-corrected chi connectivity index (χ4v) is 2.96. The van der Waals surface area contributed by atoms with Crippen molar-refractivity contribution in [2.24, 2.45) is 4.99 Å². The van der Waals surface area contributed by atoms with Crippen LogP contribution in [0.4, 0.5) is 4.39 Å². The maximum Gasteiger partial charge on any atom is 0.191 e. The quantitative estimate of drug-likeness (QED) is 0.276. The maximum atomic E-state index is 13.8. The van der Waals surface area contributed by atoms with Crippen LogP contribution in [0.2, 0.25) is 0 Å². The molecule has 7 heteroatoms. The third-order valence-corrected chi connectivity index (χ3v) is 4.41. The summed E-state index contributed by atoms with van der Waals surface area (Å²) in [6.45, 7) is 4.68. The van der Waals surface area contributed by atoms with Crippen molar-refractivity contribution in [3.05, 3.63) is 89.5 Å². The van der Waals surface area contributed by atoms with Crippen molar-refractivity contribution in [3.63, 3.8) is 0 Å². The molecule has 0 saturated heterocycles. The van der Waals surface area contributed by atoms with Gasteiger partial charge in [0.05, 0.1) is 13.1 Å². The lowest BCUT2D eigenvalue weighted by Crippen LogP contribution is -2.38. The van der Waals surface area contributed by atoms with Gasteiger partial charge in [-0.1, -0.05) is 42.5 Å². The molecule has 1 aromatic heterocycles. The van der Waals surface area contributed by atoms with E-state index < -0.39 is 0 Å². The van der Waals surface area contributed by atoms with E-state index in [2.05, 4.69) is 27.9 Å². The average molecular weight is 507 g/mol. The molecule has 0 aliphatic heterocycles. The van der Waals surface area contributed by atoms with Crippen LogP contribution in [0, 0.1) is 5.82 Å². The average Bonchev–Trinajstić information content (AvgIpc) is 3.22. The second-order valence-electron chi connectivity index (χ2n) is 6.44. The topological polar surface area (TPSA) is 54.2 Å². The van der Waals surface area contributed by atoms with Gasteiger partial charge in [-0.05, 0) is 42.2 Å². The van der Waals surface area contributed by atoms with Crippen LogP contribution >= 0.6 is 24.0 Å². The first-order chi connectivity index (χ1) is 13.8. The molecule has 1 heterocycles. The number of benzene rings is 2. The van der Waals surface area contributed by atoms with E-state index in [0.717, 1.165) is 24.6 Å². The van der Waals surface area contributed by atoms with Crippen molar-refractivity contribution < 1.29 is 4.39 Å². The fraction of sp³-hybridized carbons (Fsp3) is 0.273. The van der Waals surface area contributed by atoms with Crippen LogP contribution in [0.1, 0.15) is 23.6 Å². The number of aromatic nitrogens is 2. The Hall–Kier alpha value is -2.42. The molecule has 0 amide bonds. The molecular weight excluding hydrogens is 480 g/mol. The Morgan fingerprint density at radius 1 is 1.00 bits per heavy atom. The number of nitrogens with one attached hydrogen (secondary N) is 2. The lowest BCUT2D eigenvalue weighted by Gasteiger charge is -2.13. The van der Waals surface area contributed by atoms with Crippen LogP contribution < -0.4 is 10.6 Å². The standard InChI is InChI=1S/C22H26FN5.HI/c1-2-24-22(25-14-12-18-8-5-6-11-21(18)23)26-16-19-9-3-4-10-20(19)17-28-15-7-13-27-28;/h3-11,13,15H,2,12,14,16-17H2,1H3,(H2,24,25,26);1H. The molecule has 0 aliphatic rings. The van der Waals surface area contributed by atoms with E-state index in [-0.39, 0.29) is 29.8 Å². The van der Waals surface area contributed by atoms with Crippen LogP contribution in [-0.2, 0) is 19.5 Å². The zero-order chi connectivity index (χ0) is 19.6. The molecule has 2 aromatic carbocycles. The Kier molecular flexibility index (Phi) is 9.63. The SMILES string of the molecule is CCNC(=NCc1ccccc1Cn1cccn1)NCCc1ccccc1F.I. The van der Waals surface area contributed by atoms with Crippen LogP contribution in [0.15, 0.2) is 72.0 Å². The monoisotopic (exact) mass is 507 g/mol. The highest BCUT2D eigenvalue weighted by molar-refractivity contribution is 14.0. The summed E-state index contributed by atoms with van der Waals surface area (Å²) in [6, 6.07) is 17.0. The molecule has 3 aromatic rings. The summed E-state index contributed by atoms with van der Waals surface area (Å²) in [7, 11) is 0. The lowest BCUT2D eigenvalue weighted by atomic mass is 10.1. The molecule has 0 unspecified atom stereocenters. The van der Waals surface area contributed by atoms with E-state index in [4.69, 9.17) is 4.99 Å². The molecule has 29 heavy (non-hydrogen) atoms. The van der Waals surface area contributed by atoms with E-state index in [0.29, 0.717) is 25.1 Å². The molecule has 0 fully saturated rings. The van der Waals surface area contributed by atoms with Crippen LogP contribution in [-0.4, -0.2) is 28.8 Å². The van der Waals surface area contributed by atoms with Crippen molar-refractivity contribution >= 4 is 29.9 Å². The number of rotatable bonds is 8. The van der Waals surface area contributed by atoms with E-state index in [1.54, 1.807) is 12.3 Å². The molecule has 3 rings (SSSR count). The van der Waals surface area contributed by atoms with Crippen molar-refractivity contribution in [2.45, 2.75) is 26.4 Å². The maximum absolute atomic E-state index is 13.8. The molecule has 0 bridgehead atoms. The molecule has 0 radical (unpaired) electrons. The summed E-state index contributed by atoms with van der Waals surface area (Å²) in [5, 5.41) is 10.8. The summed E-state index contributed by atoms with van der Waals surface area (Å²) < 4.78 is 15.7. The summed E-state index contributed by atoms with van der Waals surface area (Å²) in [4.78, 5) is 4.70. The zero-order valence-electron chi connectivity index (χ0n) is 16.5. The second-order valence-corrected chi connectivity index (χ2v) is 6.44. The molecule has 0 spiro atoms. The Balaban J connectivity index is 0.00000300. The van der Waals surface area contributed by atoms with Crippen LogP contribution in [0.5, 0.6) is 0 Å². The minimum Gasteiger partial charge on any atom is -0.357 e. The molecule has 154 valence electrons. The van der Waals surface area contributed by atoms with Gasteiger partial charge in [-0.25, -0.2) is 9.38 Å². The first kappa shape index (κ1) is 22.9. The van der Waals surface area contributed by atoms with E-state index in [1.807, 2.05) is 48.1 Å². The molecule has 0 aliphatic carbocycles. The molecule has 0 atom stereocenters. The number of nitrogens with zero attached hydrogens (tertiary/aromatic N) is 3. The summed E-state index contributed by atoms with van der Waals surface area (Å²) >= 11 is 0. The first-order valence-corrected chi connectivity index (χ1v) is 9.56. The van der Waals surface area contributed by atoms with Crippen molar-refractivity contribution in [1.29, 1.82) is 0 Å². The third kappa shape index (κ3) is 7.16. The predicted molar refractivity (Wildman–Crippen MR) is 126 cm³/mol. The van der Waals surface area contributed by atoms with Gasteiger partial charge in [0, 0.05) is 25.5 Å². The molecular formula is C22H27FIN5. The van der Waals surface area contributed by atoms with Crippen LogP contribution in [0.25, 0.3) is 0 Å². The molecule has 2 N–H and O–H groups in total. The van der Waals surface area contributed by atoms with Gasteiger partial charge in [-0.2, -0.15) is 5.10 Å². The van der Waals surface area contributed by atoms with Crippen molar-refractivity contribution in [1.82, 2.24) is 20.4 Å².